The molecule has 0 saturated carbocycles. The number of aromatic hydroxyl groups is 2. The second kappa shape index (κ2) is 7.23. The van der Waals surface area contributed by atoms with E-state index in [0.29, 0.717) is 0 Å². The van der Waals surface area contributed by atoms with Gasteiger partial charge in [0.1, 0.15) is 47.3 Å². The van der Waals surface area contributed by atoms with Crippen molar-refractivity contribution in [1.82, 2.24) is 0 Å². The molecule has 0 heterocycles. The van der Waals surface area contributed by atoms with Gasteiger partial charge in [0.05, 0.1) is 0 Å². The van der Waals surface area contributed by atoms with Crippen LogP contribution < -0.4 is 9.47 Å². The first-order chi connectivity index (χ1) is 11.4. The molecule has 8 heteroatoms. The second-order valence-corrected chi connectivity index (χ2v) is 4.67. The monoisotopic (exact) mass is 334 g/mol. The van der Waals surface area contributed by atoms with E-state index >= 15 is 0 Å². The maximum Gasteiger partial charge on any atom is 0.339 e. The number of carboxylic acid groups (broad SMARTS) is 2. The fourth-order valence-electron chi connectivity index (χ4n) is 1.87. The van der Waals surface area contributed by atoms with E-state index in [4.69, 9.17) is 19.7 Å². The lowest BCUT2D eigenvalue weighted by Crippen LogP contribution is -2.10. The van der Waals surface area contributed by atoms with E-state index in [1.54, 1.807) is 0 Å². The van der Waals surface area contributed by atoms with Crippen molar-refractivity contribution in [2.24, 2.45) is 0 Å². The van der Waals surface area contributed by atoms with Crippen LogP contribution in [0, 0.1) is 0 Å². The van der Waals surface area contributed by atoms with Crippen LogP contribution in [-0.4, -0.2) is 45.6 Å². The van der Waals surface area contributed by atoms with Gasteiger partial charge in [-0.2, -0.15) is 0 Å². The van der Waals surface area contributed by atoms with Gasteiger partial charge >= 0.3 is 11.9 Å². The van der Waals surface area contributed by atoms with Crippen molar-refractivity contribution in [3.8, 4) is 23.0 Å². The van der Waals surface area contributed by atoms with Crippen molar-refractivity contribution in [3.05, 3.63) is 47.5 Å². The fourth-order valence-corrected chi connectivity index (χ4v) is 1.87. The molecule has 0 fully saturated rings. The Balaban J connectivity index is 1.92. The Morgan fingerprint density at radius 3 is 1.46 bits per heavy atom. The summed E-state index contributed by atoms with van der Waals surface area (Å²) >= 11 is 0. The lowest BCUT2D eigenvalue weighted by molar-refractivity contribution is 0.0681. The Bertz CT molecular complexity index is 703. The number of rotatable bonds is 7. The van der Waals surface area contributed by atoms with E-state index in [1.807, 2.05) is 0 Å². The third-order valence-electron chi connectivity index (χ3n) is 3.02. The zero-order valence-electron chi connectivity index (χ0n) is 12.3. The summed E-state index contributed by atoms with van der Waals surface area (Å²) in [4.78, 5) is 21.8. The molecule has 0 saturated heterocycles. The van der Waals surface area contributed by atoms with E-state index < -0.39 is 11.9 Å². The summed E-state index contributed by atoms with van der Waals surface area (Å²) in [6.07, 6.45) is 0. The van der Waals surface area contributed by atoms with Gasteiger partial charge in [-0.05, 0) is 36.4 Å². The SMILES string of the molecule is O=C(O)c1cc(OCCOc2ccc(O)c(C(=O)O)c2)ccc1O. The van der Waals surface area contributed by atoms with Crippen molar-refractivity contribution >= 4 is 11.9 Å². The highest BCUT2D eigenvalue weighted by molar-refractivity contribution is 5.91. The molecule has 0 bridgehead atoms. The molecule has 0 aromatic heterocycles. The Labute approximate surface area is 136 Å². The topological polar surface area (TPSA) is 134 Å². The van der Waals surface area contributed by atoms with Crippen LogP contribution in [0.15, 0.2) is 36.4 Å². The minimum absolute atomic E-state index is 0.0626. The smallest absolute Gasteiger partial charge is 0.339 e. The van der Waals surface area contributed by atoms with E-state index in [9.17, 15) is 19.8 Å². The van der Waals surface area contributed by atoms with Gasteiger partial charge in [0.2, 0.25) is 0 Å². The molecule has 0 atom stereocenters. The van der Waals surface area contributed by atoms with Crippen molar-refractivity contribution < 1.29 is 39.5 Å². The number of carboxylic acids is 2. The molecular weight excluding hydrogens is 320 g/mol. The van der Waals surface area contributed by atoms with E-state index in [2.05, 4.69) is 0 Å². The van der Waals surface area contributed by atoms with E-state index in [1.165, 1.54) is 36.4 Å². The van der Waals surface area contributed by atoms with Crippen LogP contribution in [0.1, 0.15) is 20.7 Å². The van der Waals surface area contributed by atoms with Gasteiger partial charge in [0, 0.05) is 0 Å². The van der Waals surface area contributed by atoms with Crippen LogP contribution >= 0.6 is 0 Å². The van der Waals surface area contributed by atoms with Gasteiger partial charge < -0.3 is 29.9 Å². The molecule has 4 N–H and O–H groups in total. The largest absolute Gasteiger partial charge is 0.507 e. The first-order valence-corrected chi connectivity index (χ1v) is 6.76. The van der Waals surface area contributed by atoms with E-state index in [-0.39, 0.29) is 47.3 Å². The molecule has 2 rings (SSSR count). The summed E-state index contributed by atoms with van der Waals surface area (Å²) in [5.41, 5.74) is -0.559. The minimum Gasteiger partial charge on any atom is -0.507 e. The van der Waals surface area contributed by atoms with Crippen LogP contribution in [0.3, 0.4) is 0 Å². The predicted molar refractivity (Wildman–Crippen MR) is 81.1 cm³/mol. The van der Waals surface area contributed by atoms with Gasteiger partial charge in [-0.1, -0.05) is 0 Å². The third-order valence-corrected chi connectivity index (χ3v) is 3.02. The standard InChI is InChI=1S/C16H14O8/c17-13-3-1-9(7-11(13)15(19)20)23-5-6-24-10-2-4-14(18)12(8-10)16(21)22/h1-4,7-8,17-18H,5-6H2,(H,19,20)(H,21,22). The molecule has 0 spiro atoms. The molecule has 2 aromatic carbocycles. The number of ether oxygens (including phenoxy) is 2. The summed E-state index contributed by atoms with van der Waals surface area (Å²) in [7, 11) is 0. The maximum atomic E-state index is 10.9. The molecule has 0 unspecified atom stereocenters. The van der Waals surface area contributed by atoms with Gasteiger partial charge in [0.15, 0.2) is 0 Å². The molecule has 0 aliphatic rings. The number of aromatic carboxylic acids is 2. The highest BCUT2D eigenvalue weighted by Gasteiger charge is 2.12. The van der Waals surface area contributed by atoms with Gasteiger partial charge in [-0.25, -0.2) is 9.59 Å². The average Bonchev–Trinajstić information content (AvgIpc) is 2.53. The van der Waals surface area contributed by atoms with Crippen molar-refractivity contribution in [1.29, 1.82) is 0 Å². The van der Waals surface area contributed by atoms with Gasteiger partial charge in [0.25, 0.3) is 0 Å². The molecule has 0 aliphatic carbocycles. The summed E-state index contributed by atoms with van der Waals surface area (Å²) < 4.78 is 10.6. The zero-order valence-corrected chi connectivity index (χ0v) is 12.3. The quantitative estimate of drug-likeness (QED) is 0.565. The van der Waals surface area contributed by atoms with Crippen LogP contribution in [0.5, 0.6) is 23.0 Å². The first-order valence-electron chi connectivity index (χ1n) is 6.76. The molecule has 126 valence electrons. The highest BCUT2D eigenvalue weighted by Crippen LogP contribution is 2.24. The van der Waals surface area contributed by atoms with Crippen LogP contribution in [0.2, 0.25) is 0 Å². The Morgan fingerprint density at radius 2 is 1.12 bits per heavy atom. The lowest BCUT2D eigenvalue weighted by Gasteiger charge is -2.10. The third kappa shape index (κ3) is 4.07. The van der Waals surface area contributed by atoms with Gasteiger partial charge in [-0.3, -0.25) is 0 Å². The second-order valence-electron chi connectivity index (χ2n) is 4.67. The number of benzene rings is 2. The summed E-state index contributed by atoms with van der Waals surface area (Å²) in [6, 6.07) is 7.59. The molecular formula is C16H14O8. The minimum atomic E-state index is -1.28. The number of phenols is 2. The molecule has 24 heavy (non-hydrogen) atoms. The normalized spacial score (nSPS) is 10.2. The number of hydrogen-bond donors (Lipinski definition) is 4. The van der Waals surface area contributed by atoms with Crippen LogP contribution in [0.25, 0.3) is 0 Å². The lowest BCUT2D eigenvalue weighted by atomic mass is 10.2. The van der Waals surface area contributed by atoms with Crippen molar-refractivity contribution in [2.75, 3.05) is 13.2 Å². The first kappa shape index (κ1) is 16.9. The number of carbonyl (C=O) groups is 2. The molecule has 0 aliphatic heterocycles. The number of hydrogen-bond acceptors (Lipinski definition) is 6. The van der Waals surface area contributed by atoms with Crippen LogP contribution in [-0.2, 0) is 0 Å². The summed E-state index contributed by atoms with van der Waals surface area (Å²) in [5, 5.41) is 36.6. The van der Waals surface area contributed by atoms with Gasteiger partial charge in [-0.15, -0.1) is 0 Å². The molecule has 0 amide bonds. The Hall–Kier alpha value is -3.42. The molecule has 2 aromatic rings. The maximum absolute atomic E-state index is 10.9. The van der Waals surface area contributed by atoms with Crippen molar-refractivity contribution in [3.63, 3.8) is 0 Å². The van der Waals surface area contributed by atoms with Crippen molar-refractivity contribution in [2.45, 2.75) is 0 Å². The Kier molecular flexibility index (Phi) is 5.10. The molecule has 8 nitrogen and oxygen atoms in total. The summed E-state index contributed by atoms with van der Waals surface area (Å²) in [6.45, 7) is 0.125. The fraction of sp³-hybridized carbons (Fsp3) is 0.125. The zero-order chi connectivity index (χ0) is 17.7. The predicted octanol–water partition coefficient (Wildman–Crippen LogP) is 1.95. The Morgan fingerprint density at radius 1 is 0.750 bits per heavy atom. The highest BCUT2D eigenvalue weighted by atomic mass is 16.5. The van der Waals surface area contributed by atoms with Crippen LogP contribution in [0.4, 0.5) is 0 Å². The van der Waals surface area contributed by atoms with E-state index in [0.717, 1.165) is 0 Å². The summed E-state index contributed by atoms with van der Waals surface area (Å²) in [5.74, 6) is -2.80. The average molecular weight is 334 g/mol. The molecule has 0 radical (unpaired) electrons.